The van der Waals surface area contributed by atoms with Gasteiger partial charge in [0.2, 0.25) is 5.91 Å². The minimum atomic E-state index is -0.641. The SMILES string of the molecule is COc1ccc(C(=O)CCC(=O)NC[C@H]2CN(c3ccc(-n4nnc5ccccc54)c(F)c3)C(=O)O2)cc1. The zero-order valence-corrected chi connectivity index (χ0v) is 20.5. The fourth-order valence-corrected chi connectivity index (χ4v) is 4.19. The van der Waals surface area contributed by atoms with Crippen LogP contribution in [0, 0.1) is 5.82 Å². The number of Topliss-reactive ketones (excluding diaryl/α,β-unsaturated/α-hetero) is 1. The summed E-state index contributed by atoms with van der Waals surface area (Å²) in [5.74, 6) is -0.436. The first-order chi connectivity index (χ1) is 18.4. The second kappa shape index (κ2) is 10.7. The predicted octanol–water partition coefficient (Wildman–Crippen LogP) is 3.67. The van der Waals surface area contributed by atoms with Gasteiger partial charge in [-0.15, -0.1) is 5.10 Å². The van der Waals surface area contributed by atoms with Crippen LogP contribution in [0.4, 0.5) is 14.9 Å². The number of aromatic nitrogens is 3. The molecule has 1 aliphatic heterocycles. The number of hydrogen-bond donors (Lipinski definition) is 1. The minimum Gasteiger partial charge on any atom is -0.497 e. The van der Waals surface area contributed by atoms with Crippen molar-refractivity contribution in [1.29, 1.82) is 0 Å². The van der Waals surface area contributed by atoms with Gasteiger partial charge in [0.15, 0.2) is 11.6 Å². The molecular weight excluding hydrogens is 493 g/mol. The lowest BCUT2D eigenvalue weighted by molar-refractivity contribution is -0.121. The minimum absolute atomic E-state index is 0.00111. The molecule has 10 nitrogen and oxygen atoms in total. The number of benzene rings is 3. The molecule has 194 valence electrons. The molecule has 1 N–H and O–H groups in total. The van der Waals surface area contributed by atoms with Crippen molar-refractivity contribution < 1.29 is 28.2 Å². The largest absolute Gasteiger partial charge is 0.497 e. The second-order valence-electron chi connectivity index (χ2n) is 8.70. The maximum atomic E-state index is 15.0. The Bertz CT molecular complexity index is 1500. The predicted molar refractivity (Wildman–Crippen MR) is 136 cm³/mol. The van der Waals surface area contributed by atoms with E-state index >= 15 is 4.39 Å². The van der Waals surface area contributed by atoms with Gasteiger partial charge in [0.25, 0.3) is 0 Å². The molecule has 0 spiro atoms. The molecule has 0 aliphatic carbocycles. The number of ether oxygens (including phenoxy) is 2. The Labute approximate surface area is 216 Å². The van der Waals surface area contributed by atoms with E-state index in [1.807, 2.05) is 12.1 Å². The van der Waals surface area contributed by atoms with Crippen molar-refractivity contribution in [3.63, 3.8) is 0 Å². The van der Waals surface area contributed by atoms with Crippen molar-refractivity contribution in [2.45, 2.75) is 18.9 Å². The number of cyclic esters (lactones) is 1. The number of fused-ring (bicyclic) bond motifs is 1. The summed E-state index contributed by atoms with van der Waals surface area (Å²) in [4.78, 5) is 38.3. The monoisotopic (exact) mass is 517 g/mol. The third kappa shape index (κ3) is 5.17. The highest BCUT2D eigenvalue weighted by atomic mass is 19.1. The summed E-state index contributed by atoms with van der Waals surface area (Å²) in [6, 6.07) is 18.2. The average Bonchev–Trinajstić information content (AvgIpc) is 3.53. The Hall–Kier alpha value is -4.80. The molecule has 1 saturated heterocycles. The van der Waals surface area contributed by atoms with Crippen molar-refractivity contribution in [2.75, 3.05) is 25.1 Å². The highest BCUT2D eigenvalue weighted by Crippen LogP contribution is 2.26. The number of ketones is 1. The summed E-state index contributed by atoms with van der Waals surface area (Å²) in [6.07, 6.45) is -1.22. The van der Waals surface area contributed by atoms with Crippen LogP contribution in [0.2, 0.25) is 0 Å². The number of anilines is 1. The number of nitrogens with zero attached hydrogens (tertiary/aromatic N) is 4. The molecule has 3 aromatic carbocycles. The molecule has 4 aromatic rings. The standard InChI is InChI=1S/C27H24FN5O5/c1-37-19-9-6-17(7-10-19)25(34)12-13-26(35)29-15-20-16-32(27(36)38-20)18-8-11-23(21(28)14-18)33-24-5-3-2-4-22(24)30-31-33/h2-11,14,20H,12-13,15-16H2,1H3,(H,29,35)/t20-/m0/s1. The van der Waals surface area contributed by atoms with E-state index in [0.29, 0.717) is 28.0 Å². The van der Waals surface area contributed by atoms with Crippen LogP contribution in [0.5, 0.6) is 5.75 Å². The van der Waals surface area contributed by atoms with Gasteiger partial charge in [-0.25, -0.2) is 13.9 Å². The van der Waals surface area contributed by atoms with Crippen molar-refractivity contribution >= 4 is 34.5 Å². The number of halogens is 1. The van der Waals surface area contributed by atoms with E-state index in [2.05, 4.69) is 15.6 Å². The molecule has 11 heteroatoms. The van der Waals surface area contributed by atoms with Crippen LogP contribution in [0.25, 0.3) is 16.7 Å². The van der Waals surface area contributed by atoms with E-state index in [-0.39, 0.29) is 43.3 Å². The third-order valence-electron chi connectivity index (χ3n) is 6.22. The number of rotatable bonds is 9. The van der Waals surface area contributed by atoms with Gasteiger partial charge in [0.1, 0.15) is 23.1 Å². The number of carbonyl (C=O) groups is 3. The van der Waals surface area contributed by atoms with Gasteiger partial charge in [0, 0.05) is 18.4 Å². The zero-order valence-electron chi connectivity index (χ0n) is 20.5. The van der Waals surface area contributed by atoms with Crippen LogP contribution in [-0.2, 0) is 9.53 Å². The van der Waals surface area contributed by atoms with Gasteiger partial charge in [-0.3, -0.25) is 14.5 Å². The van der Waals surface area contributed by atoms with E-state index < -0.39 is 18.0 Å². The molecule has 0 unspecified atom stereocenters. The van der Waals surface area contributed by atoms with Gasteiger partial charge in [-0.2, -0.15) is 0 Å². The second-order valence-corrected chi connectivity index (χ2v) is 8.70. The molecule has 2 amide bonds. The first kappa shape index (κ1) is 24.9. The summed E-state index contributed by atoms with van der Waals surface area (Å²) in [5.41, 5.74) is 2.30. The Morgan fingerprint density at radius 1 is 1.11 bits per heavy atom. The molecule has 0 bridgehead atoms. The first-order valence-electron chi connectivity index (χ1n) is 12.0. The van der Waals surface area contributed by atoms with Gasteiger partial charge >= 0.3 is 6.09 Å². The Morgan fingerprint density at radius 3 is 2.66 bits per heavy atom. The van der Waals surface area contributed by atoms with Crippen LogP contribution < -0.4 is 15.0 Å². The lowest BCUT2D eigenvalue weighted by Gasteiger charge is -2.14. The number of nitrogens with one attached hydrogen (secondary N) is 1. The lowest BCUT2D eigenvalue weighted by atomic mass is 10.1. The Kier molecular flexibility index (Phi) is 6.98. The topological polar surface area (TPSA) is 116 Å². The molecule has 1 atom stereocenters. The lowest BCUT2D eigenvalue weighted by Crippen LogP contribution is -2.34. The number of carbonyl (C=O) groups excluding carboxylic acids is 3. The first-order valence-corrected chi connectivity index (χ1v) is 12.0. The normalized spacial score (nSPS) is 14.9. The number of amides is 2. The van der Waals surface area contributed by atoms with Crippen molar-refractivity contribution in [3.8, 4) is 11.4 Å². The smallest absolute Gasteiger partial charge is 0.414 e. The molecule has 1 aromatic heterocycles. The fraction of sp³-hybridized carbons (Fsp3) is 0.222. The fourth-order valence-electron chi connectivity index (χ4n) is 4.19. The molecule has 0 saturated carbocycles. The maximum absolute atomic E-state index is 15.0. The summed E-state index contributed by atoms with van der Waals surface area (Å²) in [5, 5.41) is 10.8. The third-order valence-corrected chi connectivity index (χ3v) is 6.22. The molecule has 2 heterocycles. The zero-order chi connectivity index (χ0) is 26.6. The highest BCUT2D eigenvalue weighted by molar-refractivity contribution is 5.98. The number of hydrogen-bond acceptors (Lipinski definition) is 7. The van der Waals surface area contributed by atoms with E-state index in [9.17, 15) is 14.4 Å². The van der Waals surface area contributed by atoms with Crippen molar-refractivity contribution in [2.24, 2.45) is 0 Å². The van der Waals surface area contributed by atoms with Gasteiger partial charge in [-0.05, 0) is 54.6 Å². The van der Waals surface area contributed by atoms with E-state index in [4.69, 9.17) is 9.47 Å². The quantitative estimate of drug-likeness (QED) is 0.337. The number of methoxy groups -OCH3 is 1. The maximum Gasteiger partial charge on any atom is 0.414 e. The number of para-hydroxylation sites is 1. The van der Waals surface area contributed by atoms with E-state index in [1.165, 1.54) is 28.8 Å². The molecule has 0 radical (unpaired) electrons. The van der Waals surface area contributed by atoms with Crippen LogP contribution in [0.15, 0.2) is 66.7 Å². The summed E-state index contributed by atoms with van der Waals surface area (Å²) < 4.78 is 26.8. The van der Waals surface area contributed by atoms with Crippen molar-refractivity contribution in [1.82, 2.24) is 20.3 Å². The van der Waals surface area contributed by atoms with Gasteiger partial charge in [0.05, 0.1) is 31.4 Å². The van der Waals surface area contributed by atoms with E-state index in [0.717, 1.165) is 0 Å². The van der Waals surface area contributed by atoms with Crippen LogP contribution >= 0.6 is 0 Å². The Balaban J connectivity index is 1.15. The highest BCUT2D eigenvalue weighted by Gasteiger charge is 2.33. The summed E-state index contributed by atoms with van der Waals surface area (Å²) >= 11 is 0. The van der Waals surface area contributed by atoms with Gasteiger partial charge < -0.3 is 14.8 Å². The average molecular weight is 518 g/mol. The molecule has 1 fully saturated rings. The molecule has 5 rings (SSSR count). The van der Waals surface area contributed by atoms with Crippen LogP contribution in [-0.4, -0.2) is 59.1 Å². The summed E-state index contributed by atoms with van der Waals surface area (Å²) in [6.45, 7) is 0.207. The summed E-state index contributed by atoms with van der Waals surface area (Å²) in [7, 11) is 1.54. The van der Waals surface area contributed by atoms with Crippen LogP contribution in [0.1, 0.15) is 23.2 Å². The molecular formula is C27H24FN5O5. The molecule has 38 heavy (non-hydrogen) atoms. The van der Waals surface area contributed by atoms with Crippen molar-refractivity contribution in [3.05, 3.63) is 78.1 Å². The Morgan fingerprint density at radius 2 is 1.89 bits per heavy atom. The van der Waals surface area contributed by atoms with Crippen LogP contribution in [0.3, 0.4) is 0 Å². The van der Waals surface area contributed by atoms with E-state index in [1.54, 1.807) is 42.5 Å². The molecule has 1 aliphatic rings. The van der Waals surface area contributed by atoms with Gasteiger partial charge in [-0.1, -0.05) is 17.3 Å².